The van der Waals surface area contributed by atoms with Crippen LogP contribution >= 0.6 is 0 Å². The zero-order valence-corrected chi connectivity index (χ0v) is 14.9. The standard InChI is InChI=1S/C22H13FN2O4/c23-13-8-10-14(11-9-13)25-21(27)17-18(24-29-20(17)22(25)28)19(26)16-7-3-5-12-4-1-2-6-15(12)16/h1-11,17,20H/t17-,20+/m1/s1. The molecule has 0 saturated carbocycles. The molecule has 29 heavy (non-hydrogen) atoms. The number of imide groups is 1. The van der Waals surface area contributed by atoms with Gasteiger partial charge in [-0.3, -0.25) is 14.4 Å². The van der Waals surface area contributed by atoms with Crippen molar-refractivity contribution < 1.29 is 23.6 Å². The number of Topliss-reactive ketones (excluding diaryl/α,β-unsaturated/α-hetero) is 1. The summed E-state index contributed by atoms with van der Waals surface area (Å²) in [7, 11) is 0. The quantitative estimate of drug-likeness (QED) is 0.510. The fourth-order valence-electron chi connectivity index (χ4n) is 3.77. The van der Waals surface area contributed by atoms with E-state index in [1.165, 1.54) is 12.1 Å². The van der Waals surface area contributed by atoms with Gasteiger partial charge in [-0.05, 0) is 35.0 Å². The van der Waals surface area contributed by atoms with Gasteiger partial charge in [0.05, 0.1) is 5.69 Å². The molecule has 142 valence electrons. The van der Waals surface area contributed by atoms with Crippen LogP contribution in [0.25, 0.3) is 10.8 Å². The van der Waals surface area contributed by atoms with Crippen molar-refractivity contribution in [2.24, 2.45) is 11.1 Å². The molecule has 3 aromatic rings. The van der Waals surface area contributed by atoms with Crippen molar-refractivity contribution in [3.63, 3.8) is 0 Å². The number of carbonyl (C=O) groups excluding carboxylic acids is 3. The molecule has 0 aromatic heterocycles. The second kappa shape index (κ2) is 6.34. The highest BCUT2D eigenvalue weighted by Crippen LogP contribution is 2.34. The molecule has 1 saturated heterocycles. The molecule has 0 N–H and O–H groups in total. The number of nitrogens with zero attached hydrogens (tertiary/aromatic N) is 2. The van der Waals surface area contributed by atoms with Crippen molar-refractivity contribution in [3.05, 3.63) is 78.1 Å². The van der Waals surface area contributed by atoms with E-state index in [-0.39, 0.29) is 11.4 Å². The van der Waals surface area contributed by atoms with E-state index in [1.54, 1.807) is 12.1 Å². The van der Waals surface area contributed by atoms with Crippen molar-refractivity contribution >= 4 is 39.8 Å². The fraction of sp³-hybridized carbons (Fsp3) is 0.0909. The van der Waals surface area contributed by atoms with Gasteiger partial charge < -0.3 is 4.84 Å². The Balaban J connectivity index is 1.52. The molecule has 2 heterocycles. The van der Waals surface area contributed by atoms with E-state index in [9.17, 15) is 18.8 Å². The number of benzene rings is 3. The van der Waals surface area contributed by atoms with Crippen LogP contribution in [-0.4, -0.2) is 29.4 Å². The van der Waals surface area contributed by atoms with Gasteiger partial charge in [0.1, 0.15) is 17.4 Å². The smallest absolute Gasteiger partial charge is 0.278 e. The molecule has 3 aromatic carbocycles. The van der Waals surface area contributed by atoms with Crippen LogP contribution in [0.5, 0.6) is 0 Å². The second-order valence-electron chi connectivity index (χ2n) is 6.82. The van der Waals surface area contributed by atoms with Crippen LogP contribution in [0.4, 0.5) is 10.1 Å². The third kappa shape index (κ3) is 2.55. The van der Waals surface area contributed by atoms with Crippen LogP contribution in [0.15, 0.2) is 71.9 Å². The van der Waals surface area contributed by atoms with Crippen molar-refractivity contribution in [1.29, 1.82) is 0 Å². The minimum atomic E-state index is -1.19. The molecular weight excluding hydrogens is 375 g/mol. The first kappa shape index (κ1) is 17.2. The van der Waals surface area contributed by atoms with Gasteiger partial charge in [-0.2, -0.15) is 0 Å². The van der Waals surface area contributed by atoms with Crippen molar-refractivity contribution in [1.82, 2.24) is 0 Å². The maximum atomic E-state index is 13.2. The molecule has 0 bridgehead atoms. The lowest BCUT2D eigenvalue weighted by Gasteiger charge is -2.15. The summed E-state index contributed by atoms with van der Waals surface area (Å²) in [5.74, 6) is -3.32. The van der Waals surface area contributed by atoms with E-state index in [1.807, 2.05) is 30.3 Å². The number of amides is 2. The first-order valence-corrected chi connectivity index (χ1v) is 8.96. The normalized spacial score (nSPS) is 20.6. The minimum absolute atomic E-state index is 0.102. The lowest BCUT2D eigenvalue weighted by Crippen LogP contribution is -2.34. The van der Waals surface area contributed by atoms with Gasteiger partial charge in [0.15, 0.2) is 0 Å². The highest BCUT2D eigenvalue weighted by Gasteiger charge is 2.57. The average Bonchev–Trinajstić information content (AvgIpc) is 3.28. The number of hydrogen-bond acceptors (Lipinski definition) is 5. The van der Waals surface area contributed by atoms with E-state index >= 15 is 0 Å². The van der Waals surface area contributed by atoms with Gasteiger partial charge in [-0.25, -0.2) is 9.29 Å². The number of carbonyl (C=O) groups is 3. The number of halogens is 1. The largest absolute Gasteiger partial charge is 0.381 e. The molecule has 2 amide bonds. The zero-order valence-electron chi connectivity index (χ0n) is 14.9. The van der Waals surface area contributed by atoms with Crippen LogP contribution in [0, 0.1) is 11.7 Å². The molecule has 0 unspecified atom stereocenters. The van der Waals surface area contributed by atoms with Crippen LogP contribution < -0.4 is 4.90 Å². The third-order valence-corrected chi connectivity index (χ3v) is 5.16. The molecule has 6 nitrogen and oxygen atoms in total. The molecular formula is C22H13FN2O4. The number of oxime groups is 1. The van der Waals surface area contributed by atoms with Gasteiger partial charge in [-0.15, -0.1) is 0 Å². The minimum Gasteiger partial charge on any atom is -0.381 e. The SMILES string of the molecule is O=C(C1=NO[C@@H]2C(=O)N(c3ccc(F)cc3)C(=O)[C@H]12)c1cccc2ccccc12. The zero-order chi connectivity index (χ0) is 20.1. The predicted molar refractivity (Wildman–Crippen MR) is 103 cm³/mol. The van der Waals surface area contributed by atoms with E-state index in [4.69, 9.17) is 4.84 Å². The lowest BCUT2D eigenvalue weighted by atomic mass is 9.91. The summed E-state index contributed by atoms with van der Waals surface area (Å²) in [6.45, 7) is 0. The summed E-state index contributed by atoms with van der Waals surface area (Å²) in [5, 5.41) is 5.38. The molecule has 5 rings (SSSR count). The maximum Gasteiger partial charge on any atom is 0.278 e. The Morgan fingerprint density at radius 1 is 0.931 bits per heavy atom. The van der Waals surface area contributed by atoms with E-state index in [0.29, 0.717) is 5.56 Å². The summed E-state index contributed by atoms with van der Waals surface area (Å²) >= 11 is 0. The molecule has 2 atom stereocenters. The first-order valence-electron chi connectivity index (χ1n) is 8.96. The highest BCUT2D eigenvalue weighted by molar-refractivity contribution is 6.53. The van der Waals surface area contributed by atoms with Gasteiger partial charge in [0.25, 0.3) is 5.91 Å². The van der Waals surface area contributed by atoms with Crippen LogP contribution in [0.2, 0.25) is 0 Å². The first-order chi connectivity index (χ1) is 14.1. The van der Waals surface area contributed by atoms with Crippen molar-refractivity contribution in [3.8, 4) is 0 Å². The molecule has 2 aliphatic heterocycles. The number of rotatable bonds is 3. The summed E-state index contributed by atoms with van der Waals surface area (Å²) in [6, 6.07) is 17.6. The monoisotopic (exact) mass is 388 g/mol. The van der Waals surface area contributed by atoms with Crippen LogP contribution in [-0.2, 0) is 14.4 Å². The molecule has 2 aliphatic rings. The van der Waals surface area contributed by atoms with Crippen molar-refractivity contribution in [2.45, 2.75) is 6.10 Å². The molecule has 1 fully saturated rings. The van der Waals surface area contributed by atoms with Gasteiger partial charge in [0.2, 0.25) is 17.8 Å². The number of anilines is 1. The van der Waals surface area contributed by atoms with Gasteiger partial charge >= 0.3 is 0 Å². The summed E-state index contributed by atoms with van der Waals surface area (Å²) in [6.07, 6.45) is -1.19. The molecule has 0 aliphatic carbocycles. The molecule has 0 radical (unpaired) electrons. The Morgan fingerprint density at radius 3 is 2.45 bits per heavy atom. The van der Waals surface area contributed by atoms with Crippen LogP contribution in [0.1, 0.15) is 10.4 Å². The lowest BCUT2D eigenvalue weighted by molar-refractivity contribution is -0.126. The summed E-state index contributed by atoms with van der Waals surface area (Å²) in [4.78, 5) is 45.0. The van der Waals surface area contributed by atoms with Gasteiger partial charge in [-0.1, -0.05) is 47.6 Å². The summed E-state index contributed by atoms with van der Waals surface area (Å²) < 4.78 is 13.2. The van der Waals surface area contributed by atoms with E-state index < -0.39 is 35.4 Å². The Labute approximate surface area is 164 Å². The van der Waals surface area contributed by atoms with Crippen molar-refractivity contribution in [2.75, 3.05) is 4.90 Å². The Morgan fingerprint density at radius 2 is 1.66 bits per heavy atom. The summed E-state index contributed by atoms with van der Waals surface area (Å²) in [5.41, 5.74) is 0.497. The van der Waals surface area contributed by atoms with E-state index in [0.717, 1.165) is 27.8 Å². The average molecular weight is 388 g/mol. The predicted octanol–water partition coefficient (Wildman–Crippen LogP) is 3.11. The third-order valence-electron chi connectivity index (χ3n) is 5.16. The topological polar surface area (TPSA) is 76.0 Å². The number of fused-ring (bicyclic) bond motifs is 2. The molecule has 0 spiro atoms. The Kier molecular flexibility index (Phi) is 3.77. The maximum absolute atomic E-state index is 13.2. The number of hydrogen-bond donors (Lipinski definition) is 0. The Bertz CT molecular complexity index is 1210. The number of ketones is 1. The van der Waals surface area contributed by atoms with Crippen LogP contribution in [0.3, 0.4) is 0 Å². The van der Waals surface area contributed by atoms with E-state index in [2.05, 4.69) is 5.16 Å². The van der Waals surface area contributed by atoms with Gasteiger partial charge in [0, 0.05) is 5.56 Å². The molecule has 7 heteroatoms. The second-order valence-corrected chi connectivity index (χ2v) is 6.82. The Hall–Kier alpha value is -3.87. The highest BCUT2D eigenvalue weighted by atomic mass is 19.1. The fourth-order valence-corrected chi connectivity index (χ4v) is 3.77.